The van der Waals surface area contributed by atoms with Crippen LogP contribution in [0.3, 0.4) is 0 Å². The van der Waals surface area contributed by atoms with E-state index in [9.17, 15) is 0 Å². The summed E-state index contributed by atoms with van der Waals surface area (Å²) in [4.78, 5) is 2.67. The van der Waals surface area contributed by atoms with Gasteiger partial charge >= 0.3 is 0 Å². The number of benzene rings is 1. The molecule has 3 nitrogen and oxygen atoms in total. The van der Waals surface area contributed by atoms with Crippen molar-refractivity contribution >= 4 is 11.6 Å². The minimum absolute atomic E-state index is 0.282. The van der Waals surface area contributed by atoms with Crippen LogP contribution in [0.1, 0.15) is 37.7 Å². The first kappa shape index (κ1) is 15.7. The van der Waals surface area contributed by atoms with Crippen molar-refractivity contribution in [1.29, 1.82) is 0 Å². The monoisotopic (exact) mass is 335 g/mol. The van der Waals surface area contributed by atoms with E-state index in [1.807, 2.05) is 12.1 Å². The highest BCUT2D eigenvalue weighted by Gasteiger charge is 2.40. The zero-order valence-corrected chi connectivity index (χ0v) is 14.5. The summed E-state index contributed by atoms with van der Waals surface area (Å²) in [6.45, 7) is 6.39. The van der Waals surface area contributed by atoms with Gasteiger partial charge in [-0.25, -0.2) is 0 Å². The number of piperidine rings is 1. The largest absolute Gasteiger partial charge is 0.493 e. The fourth-order valence-corrected chi connectivity index (χ4v) is 4.68. The van der Waals surface area contributed by atoms with E-state index in [0.717, 1.165) is 42.9 Å². The van der Waals surface area contributed by atoms with Crippen LogP contribution in [-0.4, -0.2) is 44.4 Å². The fraction of sp³-hybridized carbons (Fsp3) is 0.684. The molecule has 2 fully saturated rings. The lowest BCUT2D eigenvalue weighted by Gasteiger charge is -2.46. The topological polar surface area (TPSA) is 21.7 Å². The molecule has 3 aliphatic rings. The fourth-order valence-electron chi connectivity index (χ4n) is 4.51. The first-order valence-electron chi connectivity index (χ1n) is 8.98. The summed E-state index contributed by atoms with van der Waals surface area (Å²) in [5, 5.41) is 0.832. The normalized spacial score (nSPS) is 25.1. The quantitative estimate of drug-likeness (QED) is 0.818. The molecule has 0 atom stereocenters. The number of nitrogens with zero attached hydrogens (tertiary/aromatic N) is 1. The van der Waals surface area contributed by atoms with Crippen molar-refractivity contribution in [3.05, 3.63) is 28.8 Å². The number of fused-ring (bicyclic) bond motifs is 2. The molecule has 1 aromatic carbocycles. The molecule has 0 unspecified atom stereocenters. The molecule has 4 rings (SSSR count). The Morgan fingerprint density at radius 3 is 2.65 bits per heavy atom. The number of ether oxygens (including phenoxy) is 2. The number of rotatable bonds is 2. The van der Waals surface area contributed by atoms with Crippen LogP contribution in [0.4, 0.5) is 0 Å². The summed E-state index contributed by atoms with van der Waals surface area (Å²) in [6.07, 6.45) is 6.05. The summed E-state index contributed by atoms with van der Waals surface area (Å²) in [5.74, 6) is 1.88. The zero-order valence-electron chi connectivity index (χ0n) is 13.7. The SMILES string of the molecule is Clc1ccc2c(c1)C1(CCO2)CCN(CC2CCOCC2)CC1. The second-order valence-corrected chi connectivity index (χ2v) is 7.81. The van der Waals surface area contributed by atoms with Gasteiger partial charge in [0.1, 0.15) is 5.75 Å². The Labute approximate surface area is 143 Å². The van der Waals surface area contributed by atoms with Crippen LogP contribution in [-0.2, 0) is 10.2 Å². The third-order valence-corrected chi connectivity index (χ3v) is 6.26. The first-order valence-corrected chi connectivity index (χ1v) is 9.36. The molecule has 0 radical (unpaired) electrons. The van der Waals surface area contributed by atoms with E-state index in [2.05, 4.69) is 11.0 Å². The van der Waals surface area contributed by atoms with E-state index < -0.39 is 0 Å². The zero-order chi connectivity index (χ0) is 15.7. The van der Waals surface area contributed by atoms with Gasteiger partial charge in [0.05, 0.1) is 6.61 Å². The Kier molecular flexibility index (Phi) is 4.53. The molecule has 0 aliphatic carbocycles. The van der Waals surface area contributed by atoms with Crippen LogP contribution in [0.2, 0.25) is 5.02 Å². The highest BCUT2D eigenvalue weighted by molar-refractivity contribution is 6.30. The highest BCUT2D eigenvalue weighted by atomic mass is 35.5. The average molecular weight is 336 g/mol. The summed E-state index contributed by atoms with van der Waals surface area (Å²) >= 11 is 6.26. The molecule has 0 saturated carbocycles. The molecule has 23 heavy (non-hydrogen) atoms. The Balaban J connectivity index is 1.44. The smallest absolute Gasteiger partial charge is 0.123 e. The average Bonchev–Trinajstić information content (AvgIpc) is 2.59. The van der Waals surface area contributed by atoms with E-state index in [0.29, 0.717) is 0 Å². The molecular weight excluding hydrogens is 310 g/mol. The second kappa shape index (κ2) is 6.62. The van der Waals surface area contributed by atoms with Gasteiger partial charge < -0.3 is 14.4 Å². The van der Waals surface area contributed by atoms with Crippen molar-refractivity contribution in [2.75, 3.05) is 39.5 Å². The molecule has 4 heteroatoms. The maximum atomic E-state index is 6.26. The minimum atomic E-state index is 0.282. The Morgan fingerprint density at radius 2 is 1.87 bits per heavy atom. The molecule has 3 aliphatic heterocycles. The summed E-state index contributed by atoms with van der Waals surface area (Å²) in [5.41, 5.74) is 1.63. The van der Waals surface area contributed by atoms with Gasteiger partial charge in [-0.05, 0) is 69.3 Å². The molecule has 0 bridgehead atoms. The minimum Gasteiger partial charge on any atom is -0.493 e. The van der Waals surface area contributed by atoms with E-state index in [-0.39, 0.29) is 5.41 Å². The van der Waals surface area contributed by atoms with Gasteiger partial charge in [-0.1, -0.05) is 11.6 Å². The molecular formula is C19H26ClNO2. The van der Waals surface area contributed by atoms with Crippen LogP contribution in [0.25, 0.3) is 0 Å². The summed E-state index contributed by atoms with van der Waals surface area (Å²) < 4.78 is 11.4. The molecule has 0 amide bonds. The maximum Gasteiger partial charge on any atom is 0.123 e. The van der Waals surface area contributed by atoms with Gasteiger partial charge in [0.15, 0.2) is 0 Å². The van der Waals surface area contributed by atoms with Crippen molar-refractivity contribution in [3.8, 4) is 5.75 Å². The maximum absolute atomic E-state index is 6.26. The van der Waals surface area contributed by atoms with Crippen LogP contribution in [0.5, 0.6) is 5.75 Å². The molecule has 1 spiro atoms. The highest BCUT2D eigenvalue weighted by Crippen LogP contribution is 2.46. The van der Waals surface area contributed by atoms with Crippen molar-refractivity contribution in [2.24, 2.45) is 5.92 Å². The van der Waals surface area contributed by atoms with Crippen LogP contribution in [0.15, 0.2) is 18.2 Å². The number of likely N-dealkylation sites (tertiary alicyclic amines) is 1. The standard InChI is InChI=1S/C19H26ClNO2/c20-16-1-2-18-17(13-16)19(7-12-23-18)5-8-21(9-6-19)14-15-3-10-22-11-4-15/h1-2,13,15H,3-12,14H2. The summed E-state index contributed by atoms with van der Waals surface area (Å²) in [7, 11) is 0. The van der Waals surface area contributed by atoms with Gasteiger partial charge in [-0.2, -0.15) is 0 Å². The predicted molar refractivity (Wildman–Crippen MR) is 92.5 cm³/mol. The Morgan fingerprint density at radius 1 is 1.09 bits per heavy atom. The molecule has 0 aromatic heterocycles. The predicted octanol–water partition coefficient (Wildman–Crippen LogP) is 3.88. The van der Waals surface area contributed by atoms with Crippen molar-refractivity contribution in [2.45, 2.75) is 37.5 Å². The lowest BCUT2D eigenvalue weighted by Crippen LogP contribution is -2.46. The molecule has 2 saturated heterocycles. The first-order chi connectivity index (χ1) is 11.3. The van der Waals surface area contributed by atoms with E-state index >= 15 is 0 Å². The number of hydrogen-bond donors (Lipinski definition) is 0. The molecule has 1 aromatic rings. The Bertz CT molecular complexity index is 548. The van der Waals surface area contributed by atoms with Gasteiger partial charge in [0, 0.05) is 35.8 Å². The number of halogens is 1. The number of hydrogen-bond acceptors (Lipinski definition) is 3. The van der Waals surface area contributed by atoms with Gasteiger partial charge in [0.2, 0.25) is 0 Å². The van der Waals surface area contributed by atoms with Gasteiger partial charge in [-0.15, -0.1) is 0 Å². The lowest BCUT2D eigenvalue weighted by molar-refractivity contribution is 0.0412. The molecule has 0 N–H and O–H groups in total. The lowest BCUT2D eigenvalue weighted by atomic mass is 9.69. The summed E-state index contributed by atoms with van der Waals surface area (Å²) in [6, 6.07) is 6.14. The van der Waals surface area contributed by atoms with Crippen LogP contribution >= 0.6 is 11.6 Å². The van der Waals surface area contributed by atoms with Crippen LogP contribution in [0, 0.1) is 5.92 Å². The van der Waals surface area contributed by atoms with Crippen molar-refractivity contribution in [1.82, 2.24) is 4.90 Å². The molecule has 3 heterocycles. The third-order valence-electron chi connectivity index (χ3n) is 6.02. The van der Waals surface area contributed by atoms with E-state index in [4.69, 9.17) is 21.1 Å². The van der Waals surface area contributed by atoms with Crippen molar-refractivity contribution in [3.63, 3.8) is 0 Å². The van der Waals surface area contributed by atoms with Crippen molar-refractivity contribution < 1.29 is 9.47 Å². The molecule has 126 valence electrons. The van der Waals surface area contributed by atoms with E-state index in [1.54, 1.807) is 0 Å². The van der Waals surface area contributed by atoms with Gasteiger partial charge in [0.25, 0.3) is 0 Å². The second-order valence-electron chi connectivity index (χ2n) is 7.38. The third kappa shape index (κ3) is 3.24. The van der Waals surface area contributed by atoms with E-state index in [1.165, 1.54) is 50.9 Å². The van der Waals surface area contributed by atoms with Crippen LogP contribution < -0.4 is 4.74 Å². The Hall–Kier alpha value is -0.770. The van der Waals surface area contributed by atoms with Gasteiger partial charge in [-0.3, -0.25) is 0 Å².